The van der Waals surface area contributed by atoms with Crippen molar-refractivity contribution < 1.29 is 18.3 Å². The average molecular weight is 349 g/mol. The first kappa shape index (κ1) is 18.0. The van der Waals surface area contributed by atoms with E-state index < -0.39 is 22.0 Å². The summed E-state index contributed by atoms with van der Waals surface area (Å²) in [5, 5.41) is 9.10. The van der Waals surface area contributed by atoms with Crippen molar-refractivity contribution in [3.8, 4) is 0 Å². The fourth-order valence-corrected chi connectivity index (χ4v) is 3.85. The summed E-state index contributed by atoms with van der Waals surface area (Å²) in [6, 6.07) is 5.17. The quantitative estimate of drug-likeness (QED) is 0.826. The van der Waals surface area contributed by atoms with Crippen molar-refractivity contribution in [3.63, 3.8) is 0 Å². The standard InChI is InChI=1S/C16H19N3O4S/c1-4-12-5-6-13(16(20)21)9-15(12)24(22,23)19-10(2)14-7-8-17-11(3)18-14/h5-10,19H,4H2,1-3H3,(H,20,21). The summed E-state index contributed by atoms with van der Waals surface area (Å²) < 4.78 is 28.0. The second kappa shape index (κ2) is 7.06. The van der Waals surface area contributed by atoms with Gasteiger partial charge in [-0.15, -0.1) is 0 Å². The van der Waals surface area contributed by atoms with Gasteiger partial charge in [-0.1, -0.05) is 13.0 Å². The van der Waals surface area contributed by atoms with E-state index in [4.69, 9.17) is 5.11 Å². The van der Waals surface area contributed by atoms with Gasteiger partial charge in [-0.25, -0.2) is 27.9 Å². The zero-order valence-corrected chi connectivity index (χ0v) is 14.5. The molecule has 0 saturated heterocycles. The van der Waals surface area contributed by atoms with Crippen LogP contribution in [0, 0.1) is 6.92 Å². The Morgan fingerprint density at radius 2 is 2.04 bits per heavy atom. The second-order valence-corrected chi connectivity index (χ2v) is 7.04. The topological polar surface area (TPSA) is 109 Å². The van der Waals surface area contributed by atoms with E-state index in [1.807, 2.05) is 6.92 Å². The number of sulfonamides is 1. The summed E-state index contributed by atoms with van der Waals surface area (Å²) in [6.07, 6.45) is 2.03. The summed E-state index contributed by atoms with van der Waals surface area (Å²) in [4.78, 5) is 19.3. The lowest BCUT2D eigenvalue weighted by Crippen LogP contribution is -2.28. The predicted molar refractivity (Wildman–Crippen MR) is 88.3 cm³/mol. The third-order valence-electron chi connectivity index (χ3n) is 3.56. The molecule has 2 rings (SSSR count). The maximum atomic E-state index is 12.7. The molecule has 1 aromatic heterocycles. The maximum absolute atomic E-state index is 12.7. The van der Waals surface area contributed by atoms with Crippen LogP contribution in [0.2, 0.25) is 0 Å². The van der Waals surface area contributed by atoms with E-state index in [-0.39, 0.29) is 10.5 Å². The van der Waals surface area contributed by atoms with Gasteiger partial charge in [0.15, 0.2) is 0 Å². The lowest BCUT2D eigenvalue weighted by molar-refractivity contribution is 0.0696. The van der Waals surface area contributed by atoms with Crippen molar-refractivity contribution in [2.45, 2.75) is 38.1 Å². The van der Waals surface area contributed by atoms with Crippen molar-refractivity contribution in [1.29, 1.82) is 0 Å². The highest BCUT2D eigenvalue weighted by atomic mass is 32.2. The Morgan fingerprint density at radius 1 is 1.33 bits per heavy atom. The monoisotopic (exact) mass is 349 g/mol. The summed E-state index contributed by atoms with van der Waals surface area (Å²) in [7, 11) is -3.89. The van der Waals surface area contributed by atoms with Crippen LogP contribution in [0.5, 0.6) is 0 Å². The number of rotatable bonds is 6. The Kier molecular flexibility index (Phi) is 5.30. The lowest BCUT2D eigenvalue weighted by Gasteiger charge is -2.16. The molecule has 0 aliphatic carbocycles. The fraction of sp³-hybridized carbons (Fsp3) is 0.312. The van der Waals surface area contributed by atoms with Crippen LogP contribution in [-0.4, -0.2) is 29.5 Å². The third kappa shape index (κ3) is 3.95. The highest BCUT2D eigenvalue weighted by Crippen LogP contribution is 2.21. The number of benzene rings is 1. The first-order chi connectivity index (χ1) is 11.2. The number of carbonyl (C=O) groups is 1. The van der Waals surface area contributed by atoms with Gasteiger partial charge in [-0.05, 0) is 44.0 Å². The molecule has 2 N–H and O–H groups in total. The van der Waals surface area contributed by atoms with Gasteiger partial charge in [0.25, 0.3) is 0 Å². The van der Waals surface area contributed by atoms with Crippen molar-refractivity contribution in [1.82, 2.24) is 14.7 Å². The van der Waals surface area contributed by atoms with Gasteiger partial charge in [0, 0.05) is 6.20 Å². The fourth-order valence-electron chi connectivity index (χ4n) is 2.30. The number of carboxylic acids is 1. The van der Waals surface area contributed by atoms with Gasteiger partial charge >= 0.3 is 5.97 Å². The molecule has 24 heavy (non-hydrogen) atoms. The zero-order chi connectivity index (χ0) is 17.9. The average Bonchev–Trinajstić information content (AvgIpc) is 2.53. The van der Waals surface area contributed by atoms with Crippen molar-refractivity contribution in [2.24, 2.45) is 0 Å². The molecule has 1 heterocycles. The number of aromatic nitrogens is 2. The SMILES string of the molecule is CCc1ccc(C(=O)O)cc1S(=O)(=O)NC(C)c1ccnc(C)n1. The molecule has 0 aliphatic rings. The number of aryl methyl sites for hydroxylation is 2. The summed E-state index contributed by atoms with van der Waals surface area (Å²) in [5.41, 5.74) is 1.02. The van der Waals surface area contributed by atoms with Crippen LogP contribution < -0.4 is 4.72 Å². The van der Waals surface area contributed by atoms with Crippen LogP contribution in [0.4, 0.5) is 0 Å². The zero-order valence-electron chi connectivity index (χ0n) is 13.6. The minimum absolute atomic E-state index is 0.0254. The minimum atomic E-state index is -3.89. The third-order valence-corrected chi connectivity index (χ3v) is 5.18. The van der Waals surface area contributed by atoms with E-state index in [1.54, 1.807) is 26.1 Å². The van der Waals surface area contributed by atoms with Gasteiger partial charge in [-0.2, -0.15) is 0 Å². The number of carboxylic acid groups (broad SMARTS) is 1. The van der Waals surface area contributed by atoms with E-state index in [2.05, 4.69) is 14.7 Å². The van der Waals surface area contributed by atoms with Crippen LogP contribution in [0.3, 0.4) is 0 Å². The predicted octanol–water partition coefficient (Wildman–Crippen LogP) is 2.09. The van der Waals surface area contributed by atoms with E-state index in [9.17, 15) is 13.2 Å². The highest BCUT2D eigenvalue weighted by Gasteiger charge is 2.23. The molecule has 8 heteroatoms. The van der Waals surface area contributed by atoms with Gasteiger partial charge in [0.1, 0.15) is 5.82 Å². The number of nitrogens with one attached hydrogen (secondary N) is 1. The summed E-state index contributed by atoms with van der Waals surface area (Å²) >= 11 is 0. The van der Waals surface area contributed by atoms with E-state index in [1.165, 1.54) is 18.2 Å². The Bertz CT molecular complexity index is 865. The van der Waals surface area contributed by atoms with E-state index in [0.29, 0.717) is 23.5 Å². The van der Waals surface area contributed by atoms with Crippen LogP contribution in [0.25, 0.3) is 0 Å². The Labute approximate surface area is 140 Å². The molecule has 0 fully saturated rings. The number of hydrogen-bond donors (Lipinski definition) is 2. The molecule has 2 aromatic rings. The summed E-state index contributed by atoms with van der Waals surface area (Å²) in [5.74, 6) is -0.630. The smallest absolute Gasteiger partial charge is 0.335 e. The lowest BCUT2D eigenvalue weighted by atomic mass is 10.1. The van der Waals surface area contributed by atoms with Crippen LogP contribution >= 0.6 is 0 Å². The normalized spacial score (nSPS) is 12.8. The first-order valence-electron chi connectivity index (χ1n) is 7.42. The first-order valence-corrected chi connectivity index (χ1v) is 8.91. The number of aromatic carboxylic acids is 1. The number of hydrogen-bond acceptors (Lipinski definition) is 5. The Morgan fingerprint density at radius 3 is 2.62 bits per heavy atom. The molecule has 0 radical (unpaired) electrons. The highest BCUT2D eigenvalue weighted by molar-refractivity contribution is 7.89. The second-order valence-electron chi connectivity index (χ2n) is 5.35. The van der Waals surface area contributed by atoms with Crippen LogP contribution in [0.1, 0.15) is 47.3 Å². The van der Waals surface area contributed by atoms with Crippen molar-refractivity contribution in [2.75, 3.05) is 0 Å². The molecule has 1 atom stereocenters. The molecule has 1 aromatic carbocycles. The maximum Gasteiger partial charge on any atom is 0.335 e. The Hall–Kier alpha value is -2.32. The van der Waals surface area contributed by atoms with Crippen molar-refractivity contribution in [3.05, 3.63) is 53.1 Å². The van der Waals surface area contributed by atoms with Gasteiger partial charge in [0.05, 0.1) is 22.2 Å². The largest absolute Gasteiger partial charge is 0.478 e. The van der Waals surface area contributed by atoms with Gasteiger partial charge in [-0.3, -0.25) is 0 Å². The molecule has 128 valence electrons. The molecular formula is C16H19N3O4S. The molecule has 0 spiro atoms. The molecule has 0 aliphatic heterocycles. The van der Waals surface area contributed by atoms with Crippen LogP contribution in [-0.2, 0) is 16.4 Å². The van der Waals surface area contributed by atoms with E-state index >= 15 is 0 Å². The van der Waals surface area contributed by atoms with Crippen molar-refractivity contribution >= 4 is 16.0 Å². The molecule has 1 unspecified atom stereocenters. The minimum Gasteiger partial charge on any atom is -0.478 e. The number of nitrogens with zero attached hydrogens (tertiary/aromatic N) is 2. The Balaban J connectivity index is 2.39. The van der Waals surface area contributed by atoms with Crippen LogP contribution in [0.15, 0.2) is 35.4 Å². The summed E-state index contributed by atoms with van der Waals surface area (Å²) in [6.45, 7) is 5.20. The van der Waals surface area contributed by atoms with Gasteiger partial charge < -0.3 is 5.11 Å². The molecule has 0 bridgehead atoms. The van der Waals surface area contributed by atoms with E-state index in [0.717, 1.165) is 0 Å². The molecule has 7 nitrogen and oxygen atoms in total. The molecule has 0 saturated carbocycles. The molecular weight excluding hydrogens is 330 g/mol. The van der Waals surface area contributed by atoms with Gasteiger partial charge in [0.2, 0.25) is 10.0 Å². The molecule has 0 amide bonds.